The minimum absolute atomic E-state index is 0.00761. The fourth-order valence-electron chi connectivity index (χ4n) is 3.98. The molecule has 6 nitrogen and oxygen atoms in total. The smallest absolute Gasteiger partial charge is 0.300 e. The summed E-state index contributed by atoms with van der Waals surface area (Å²) in [4.78, 5) is 27.9. The van der Waals surface area contributed by atoms with Gasteiger partial charge in [-0.25, -0.2) is 0 Å². The van der Waals surface area contributed by atoms with Crippen LogP contribution in [0.3, 0.4) is 0 Å². The molecule has 0 aromatic heterocycles. The number of carbonyl (C=O) groups is 2. The van der Waals surface area contributed by atoms with Crippen molar-refractivity contribution in [3.05, 3.63) is 94.0 Å². The second kappa shape index (κ2) is 9.73. The van der Waals surface area contributed by atoms with Gasteiger partial charge in [0.15, 0.2) is 0 Å². The van der Waals surface area contributed by atoms with Crippen LogP contribution in [0.2, 0.25) is 0 Å². The third-order valence-corrected chi connectivity index (χ3v) is 6.09. The Labute approximate surface area is 206 Å². The van der Waals surface area contributed by atoms with Gasteiger partial charge in [0.2, 0.25) is 0 Å². The minimum Gasteiger partial charge on any atom is -0.507 e. The number of amides is 1. The van der Waals surface area contributed by atoms with Crippen molar-refractivity contribution in [1.82, 2.24) is 0 Å². The minimum atomic E-state index is -0.793. The number of ketones is 1. The Balaban J connectivity index is 1.85. The van der Waals surface area contributed by atoms with Gasteiger partial charge in [-0.2, -0.15) is 0 Å². The molecule has 1 heterocycles. The Morgan fingerprint density at radius 3 is 2.26 bits per heavy atom. The summed E-state index contributed by atoms with van der Waals surface area (Å²) < 4.78 is 11.6. The molecule has 0 spiro atoms. The molecule has 1 saturated heterocycles. The number of Topliss-reactive ketones (excluding diaryl/α,β-unsaturated/α-hetero) is 1. The topological polar surface area (TPSA) is 76.1 Å². The van der Waals surface area contributed by atoms with Crippen LogP contribution in [0.1, 0.15) is 31.0 Å². The molecule has 1 aliphatic heterocycles. The van der Waals surface area contributed by atoms with Crippen molar-refractivity contribution in [3.8, 4) is 11.5 Å². The molecule has 1 amide bonds. The van der Waals surface area contributed by atoms with E-state index in [0.29, 0.717) is 32.8 Å². The van der Waals surface area contributed by atoms with Crippen LogP contribution in [0.5, 0.6) is 11.5 Å². The molecule has 34 heavy (non-hydrogen) atoms. The van der Waals surface area contributed by atoms with Gasteiger partial charge < -0.3 is 14.6 Å². The molecule has 4 rings (SSSR count). The van der Waals surface area contributed by atoms with Gasteiger partial charge in [0.1, 0.15) is 17.3 Å². The molecule has 0 bridgehead atoms. The van der Waals surface area contributed by atoms with Crippen molar-refractivity contribution in [2.24, 2.45) is 0 Å². The molecule has 1 N–H and O–H groups in total. The van der Waals surface area contributed by atoms with E-state index in [1.165, 1.54) is 12.0 Å². The van der Waals surface area contributed by atoms with Crippen LogP contribution in [0.25, 0.3) is 5.76 Å². The molecule has 3 aromatic rings. The SMILES string of the molecule is COc1ccc(/C(O)=C2/C(=O)C(=O)N(c3ccc(OC(C)C)cc3)C2c2ccccc2)cc1Br. The van der Waals surface area contributed by atoms with Crippen LogP contribution >= 0.6 is 15.9 Å². The number of carbonyl (C=O) groups excluding carboxylic acids is 2. The molecule has 1 fully saturated rings. The standard InChI is InChI=1S/C27H24BrNO5/c1-16(2)34-20-12-10-19(11-13-20)29-24(17-7-5-4-6-8-17)23(26(31)27(29)32)25(30)18-9-14-22(33-3)21(28)15-18/h4-16,24,30H,1-3H3/b25-23-. The first-order valence-corrected chi connectivity index (χ1v) is 11.6. The summed E-state index contributed by atoms with van der Waals surface area (Å²) in [5.74, 6) is -0.464. The number of rotatable bonds is 6. The molecule has 0 radical (unpaired) electrons. The third-order valence-electron chi connectivity index (χ3n) is 5.47. The Kier molecular flexibility index (Phi) is 6.75. The zero-order valence-electron chi connectivity index (χ0n) is 19.0. The average molecular weight is 522 g/mol. The van der Waals surface area contributed by atoms with Crippen molar-refractivity contribution < 1.29 is 24.2 Å². The van der Waals surface area contributed by atoms with Crippen LogP contribution in [-0.4, -0.2) is 30.0 Å². The fourth-order valence-corrected chi connectivity index (χ4v) is 4.52. The lowest BCUT2D eigenvalue weighted by atomic mass is 9.95. The summed E-state index contributed by atoms with van der Waals surface area (Å²) in [6, 6.07) is 20.4. The summed E-state index contributed by atoms with van der Waals surface area (Å²) in [5.41, 5.74) is 1.66. The Hall–Kier alpha value is -3.58. The van der Waals surface area contributed by atoms with Gasteiger partial charge in [-0.3, -0.25) is 14.5 Å². The van der Waals surface area contributed by atoms with E-state index in [2.05, 4.69) is 15.9 Å². The van der Waals surface area contributed by atoms with E-state index >= 15 is 0 Å². The highest BCUT2D eigenvalue weighted by Crippen LogP contribution is 2.43. The Morgan fingerprint density at radius 2 is 1.68 bits per heavy atom. The van der Waals surface area contributed by atoms with Crippen LogP contribution < -0.4 is 14.4 Å². The molecule has 7 heteroatoms. The number of nitrogens with zero attached hydrogens (tertiary/aromatic N) is 1. The first-order valence-electron chi connectivity index (χ1n) is 10.8. The number of anilines is 1. The van der Waals surface area contributed by atoms with E-state index in [4.69, 9.17) is 9.47 Å². The largest absolute Gasteiger partial charge is 0.507 e. The van der Waals surface area contributed by atoms with E-state index in [-0.39, 0.29) is 17.4 Å². The molecule has 1 atom stereocenters. The van der Waals surface area contributed by atoms with E-state index in [9.17, 15) is 14.7 Å². The summed E-state index contributed by atoms with van der Waals surface area (Å²) >= 11 is 3.41. The molecule has 3 aromatic carbocycles. The maximum Gasteiger partial charge on any atom is 0.300 e. The van der Waals surface area contributed by atoms with Gasteiger partial charge in [0.05, 0.1) is 29.3 Å². The lowest BCUT2D eigenvalue weighted by Gasteiger charge is -2.25. The van der Waals surface area contributed by atoms with E-state index in [1.54, 1.807) is 42.5 Å². The predicted octanol–water partition coefficient (Wildman–Crippen LogP) is 5.87. The highest BCUT2D eigenvalue weighted by molar-refractivity contribution is 9.10. The van der Waals surface area contributed by atoms with Crippen LogP contribution in [0.15, 0.2) is 82.8 Å². The number of ether oxygens (including phenoxy) is 2. The highest BCUT2D eigenvalue weighted by Gasteiger charge is 2.46. The Morgan fingerprint density at radius 1 is 1.00 bits per heavy atom. The first kappa shape index (κ1) is 23.6. The molecule has 1 unspecified atom stereocenters. The monoisotopic (exact) mass is 521 g/mol. The number of benzene rings is 3. The van der Waals surface area contributed by atoms with Gasteiger partial charge in [0.25, 0.3) is 11.7 Å². The van der Waals surface area contributed by atoms with Gasteiger partial charge in [0, 0.05) is 11.3 Å². The lowest BCUT2D eigenvalue weighted by molar-refractivity contribution is -0.132. The van der Waals surface area contributed by atoms with Crippen molar-refractivity contribution in [2.45, 2.75) is 26.0 Å². The van der Waals surface area contributed by atoms with Crippen LogP contribution in [0, 0.1) is 0 Å². The highest BCUT2D eigenvalue weighted by atomic mass is 79.9. The molecule has 0 saturated carbocycles. The lowest BCUT2D eigenvalue weighted by Crippen LogP contribution is -2.29. The number of aliphatic hydroxyl groups is 1. The van der Waals surface area contributed by atoms with Gasteiger partial charge in [-0.05, 0) is 77.8 Å². The van der Waals surface area contributed by atoms with E-state index in [1.807, 2.05) is 44.2 Å². The molecule has 174 valence electrons. The number of halogens is 1. The van der Waals surface area contributed by atoms with Gasteiger partial charge in [-0.1, -0.05) is 30.3 Å². The summed E-state index contributed by atoms with van der Waals surface area (Å²) in [6.45, 7) is 3.86. The maximum atomic E-state index is 13.2. The molecular formula is C27H24BrNO5. The third kappa shape index (κ3) is 4.43. The number of methoxy groups -OCH3 is 1. The van der Waals surface area contributed by atoms with E-state index < -0.39 is 17.7 Å². The number of hydrogen-bond acceptors (Lipinski definition) is 5. The summed E-state index contributed by atoms with van der Waals surface area (Å²) in [6.07, 6.45) is 0.00761. The number of hydrogen-bond donors (Lipinski definition) is 1. The number of aliphatic hydroxyl groups excluding tert-OH is 1. The second-order valence-electron chi connectivity index (χ2n) is 8.09. The molecule has 1 aliphatic rings. The van der Waals surface area contributed by atoms with Crippen molar-refractivity contribution >= 4 is 39.1 Å². The normalized spacial score (nSPS) is 17.3. The molecular weight excluding hydrogens is 498 g/mol. The second-order valence-corrected chi connectivity index (χ2v) is 8.94. The Bertz CT molecular complexity index is 1250. The molecule has 0 aliphatic carbocycles. The summed E-state index contributed by atoms with van der Waals surface area (Å²) in [5, 5.41) is 11.2. The zero-order chi connectivity index (χ0) is 24.4. The predicted molar refractivity (Wildman–Crippen MR) is 134 cm³/mol. The maximum absolute atomic E-state index is 13.2. The van der Waals surface area contributed by atoms with Gasteiger partial charge >= 0.3 is 0 Å². The zero-order valence-corrected chi connectivity index (χ0v) is 20.6. The first-order chi connectivity index (χ1) is 16.3. The van der Waals surface area contributed by atoms with Crippen LogP contribution in [0.4, 0.5) is 5.69 Å². The fraction of sp³-hybridized carbons (Fsp3) is 0.185. The summed E-state index contributed by atoms with van der Waals surface area (Å²) in [7, 11) is 1.54. The van der Waals surface area contributed by atoms with Crippen molar-refractivity contribution in [3.63, 3.8) is 0 Å². The average Bonchev–Trinajstić information content (AvgIpc) is 3.09. The van der Waals surface area contributed by atoms with E-state index in [0.717, 1.165) is 0 Å². The van der Waals surface area contributed by atoms with Crippen LogP contribution in [-0.2, 0) is 9.59 Å². The van der Waals surface area contributed by atoms with Gasteiger partial charge in [-0.15, -0.1) is 0 Å². The quantitative estimate of drug-likeness (QED) is 0.249. The van der Waals surface area contributed by atoms with Crippen molar-refractivity contribution in [2.75, 3.05) is 12.0 Å². The van der Waals surface area contributed by atoms with Crippen molar-refractivity contribution in [1.29, 1.82) is 0 Å².